The zero-order chi connectivity index (χ0) is 57.3. The lowest BCUT2D eigenvalue weighted by molar-refractivity contribution is 0.304. The van der Waals surface area contributed by atoms with E-state index in [1.807, 2.05) is 77.9 Å². The average Bonchev–Trinajstić information content (AvgIpc) is 3.39. The molecule has 6 aromatic carbocycles. The highest BCUT2D eigenvalue weighted by Crippen LogP contribution is 2.26. The van der Waals surface area contributed by atoms with Crippen LogP contribution in [0.1, 0.15) is 189 Å². The quantitative estimate of drug-likeness (QED) is 0.0488. The summed E-state index contributed by atoms with van der Waals surface area (Å²) in [5, 5.41) is 0. The van der Waals surface area contributed by atoms with Crippen LogP contribution in [0.2, 0.25) is 0 Å². The first kappa shape index (κ1) is 66.3. The first-order valence-electron chi connectivity index (χ1n) is 27.4. The lowest BCUT2D eigenvalue weighted by Crippen LogP contribution is -1.99. The van der Waals surface area contributed by atoms with Crippen molar-refractivity contribution in [3.8, 4) is 52.8 Å². The van der Waals surface area contributed by atoms with Gasteiger partial charge >= 0.3 is 0 Å². The van der Waals surface area contributed by atoms with Crippen LogP contribution in [0.3, 0.4) is 0 Å². The first-order valence-corrected chi connectivity index (χ1v) is 27.4. The zero-order valence-corrected chi connectivity index (χ0v) is 48.0. The predicted octanol–water partition coefficient (Wildman–Crippen LogP) is 19.4. The van der Waals surface area contributed by atoms with Crippen molar-refractivity contribution in [2.24, 2.45) is 0 Å². The van der Waals surface area contributed by atoms with Gasteiger partial charge in [-0.1, -0.05) is 128 Å². The molecule has 0 saturated heterocycles. The molecule has 0 fully saturated rings. The minimum Gasteiger partial charge on any atom is -0.494 e. The number of rotatable bonds is 18. The van der Waals surface area contributed by atoms with Gasteiger partial charge in [-0.3, -0.25) is 0 Å². The average molecular weight is 1090 g/mol. The minimum absolute atomic E-state index is 0. The highest BCUT2D eigenvalue weighted by atomic mass is 19.2. The van der Waals surface area contributed by atoms with Gasteiger partial charge < -0.3 is 14.2 Å². The number of aryl methyl sites for hydroxylation is 7. The van der Waals surface area contributed by atoms with Gasteiger partial charge in [-0.15, -0.1) is 0 Å². The molecule has 0 spiro atoms. The van der Waals surface area contributed by atoms with Crippen LogP contribution in [0, 0.1) is 133 Å². The van der Waals surface area contributed by atoms with E-state index in [0.29, 0.717) is 30.9 Å². The molecule has 0 heterocycles. The second-order valence-corrected chi connectivity index (χ2v) is 20.0. The summed E-state index contributed by atoms with van der Waals surface area (Å²) in [4.78, 5) is 0. The van der Waals surface area contributed by atoms with E-state index in [4.69, 9.17) is 14.2 Å². The molecular formula is C70H82F6O3. The monoisotopic (exact) mass is 1080 g/mol. The molecule has 0 aliphatic rings. The summed E-state index contributed by atoms with van der Waals surface area (Å²) in [6, 6.07) is 19.9. The SMILES string of the molecule is C.CCCCCCOc1cc(C)c(C#Cc2cc(F)c(C)c(F)c2)c(C)c1.CCCCCCOc1cc(C)c(C#Cc2cc(F)c(C)c(F)c2)c(C)c1.CCCCCCOc1cc(C)c(C#Cc2ccc(C)c(F)c2F)c(C)c1. The summed E-state index contributed by atoms with van der Waals surface area (Å²) >= 11 is 0. The van der Waals surface area contributed by atoms with Crippen molar-refractivity contribution in [1.82, 2.24) is 0 Å². The van der Waals surface area contributed by atoms with E-state index in [0.717, 1.165) is 86.6 Å². The number of unbranched alkanes of at least 4 members (excludes halogenated alkanes) is 9. The summed E-state index contributed by atoms with van der Waals surface area (Å²) in [5.74, 6) is 16.1. The van der Waals surface area contributed by atoms with Crippen LogP contribution in [-0.2, 0) is 0 Å². The standard InChI is InChI=1S/3C23H26F2O.CH4/c1-5-6-7-8-13-26-20-14-17(3)21(18(4)15-20)12-11-19-10-9-16(2)22(24)23(19)25;2*1-5-6-7-8-11-26-20-12-16(2)21(17(3)13-20)10-9-19-14-22(24)18(4)23(25)15-19;/h9-10,14-15H,5-8,13H2,1-4H3;2*12-15H,5-8,11H2,1-4H3;1H4. The minimum atomic E-state index is -0.889. The largest absolute Gasteiger partial charge is 0.494 e. The summed E-state index contributed by atoms with van der Waals surface area (Å²) in [6.45, 7) is 24.8. The molecule has 0 N–H and O–H groups in total. The van der Waals surface area contributed by atoms with Gasteiger partial charge in [0, 0.05) is 38.9 Å². The van der Waals surface area contributed by atoms with E-state index < -0.39 is 34.9 Å². The molecule has 0 saturated carbocycles. The number of benzene rings is 6. The number of halogens is 6. The maximum atomic E-state index is 14.0. The smallest absolute Gasteiger partial charge is 0.174 e. The van der Waals surface area contributed by atoms with Crippen LogP contribution in [0.4, 0.5) is 26.3 Å². The van der Waals surface area contributed by atoms with Crippen molar-refractivity contribution in [3.63, 3.8) is 0 Å². The summed E-state index contributed by atoms with van der Waals surface area (Å²) in [6.07, 6.45) is 14.0. The summed E-state index contributed by atoms with van der Waals surface area (Å²) in [5.41, 5.74) is 9.52. The third-order valence-electron chi connectivity index (χ3n) is 13.1. The van der Waals surface area contributed by atoms with Gasteiger partial charge in [0.1, 0.15) is 40.5 Å². The van der Waals surface area contributed by atoms with Crippen LogP contribution in [0.15, 0.2) is 72.8 Å². The van der Waals surface area contributed by atoms with E-state index in [1.165, 1.54) is 115 Å². The first-order chi connectivity index (χ1) is 37.3. The van der Waals surface area contributed by atoms with Crippen molar-refractivity contribution in [2.75, 3.05) is 19.8 Å². The molecule has 0 radical (unpaired) electrons. The Kier molecular flexibility index (Phi) is 28.6. The van der Waals surface area contributed by atoms with Gasteiger partial charge in [0.15, 0.2) is 11.6 Å². The van der Waals surface area contributed by atoms with E-state index in [9.17, 15) is 26.3 Å². The van der Waals surface area contributed by atoms with Crippen LogP contribution in [-0.4, -0.2) is 19.8 Å². The Morgan fingerprint density at radius 1 is 0.329 bits per heavy atom. The zero-order valence-electron chi connectivity index (χ0n) is 48.0. The normalized spacial score (nSPS) is 10.3. The van der Waals surface area contributed by atoms with Gasteiger partial charge in [-0.25, -0.2) is 26.3 Å². The third-order valence-corrected chi connectivity index (χ3v) is 13.1. The molecule has 9 heteroatoms. The number of hydrogen-bond acceptors (Lipinski definition) is 3. The maximum Gasteiger partial charge on any atom is 0.174 e. The van der Waals surface area contributed by atoms with E-state index in [1.54, 1.807) is 0 Å². The molecule has 79 heavy (non-hydrogen) atoms. The van der Waals surface area contributed by atoms with Gasteiger partial charge in [0.2, 0.25) is 0 Å². The van der Waals surface area contributed by atoms with Crippen molar-refractivity contribution >= 4 is 0 Å². The van der Waals surface area contributed by atoms with Gasteiger partial charge in [-0.2, -0.15) is 0 Å². The Balaban J connectivity index is 0.000000309. The summed E-state index contributed by atoms with van der Waals surface area (Å²) < 4.78 is 99.7. The highest BCUT2D eigenvalue weighted by Gasteiger charge is 2.12. The topological polar surface area (TPSA) is 27.7 Å². The summed E-state index contributed by atoms with van der Waals surface area (Å²) in [7, 11) is 0. The Hall–Kier alpha value is -7.02. The lowest BCUT2D eigenvalue weighted by atomic mass is 10.0. The fraction of sp³-hybridized carbons (Fsp3) is 0.400. The van der Waals surface area contributed by atoms with Crippen LogP contribution >= 0.6 is 0 Å². The molecule has 0 bridgehead atoms. The van der Waals surface area contributed by atoms with E-state index in [-0.39, 0.29) is 29.7 Å². The number of ether oxygens (including phenoxy) is 3. The van der Waals surface area contributed by atoms with Gasteiger partial charge in [0.05, 0.1) is 25.4 Å². The third kappa shape index (κ3) is 21.3. The molecule has 0 amide bonds. The van der Waals surface area contributed by atoms with Crippen molar-refractivity contribution in [3.05, 3.63) is 191 Å². The van der Waals surface area contributed by atoms with Crippen molar-refractivity contribution in [1.29, 1.82) is 0 Å². The Morgan fingerprint density at radius 2 is 0.620 bits per heavy atom. The Labute approximate surface area is 469 Å². The molecule has 6 aromatic rings. The van der Waals surface area contributed by atoms with Crippen LogP contribution < -0.4 is 14.2 Å². The van der Waals surface area contributed by atoms with Crippen molar-refractivity contribution in [2.45, 2.75) is 168 Å². The van der Waals surface area contributed by atoms with E-state index in [2.05, 4.69) is 56.3 Å². The molecule has 3 nitrogen and oxygen atoms in total. The molecule has 0 aliphatic carbocycles. The molecular weight excluding hydrogens is 1000 g/mol. The predicted molar refractivity (Wildman–Crippen MR) is 315 cm³/mol. The molecule has 0 aliphatic heterocycles. The highest BCUT2D eigenvalue weighted by molar-refractivity contribution is 5.56. The fourth-order valence-electron chi connectivity index (χ4n) is 8.35. The van der Waals surface area contributed by atoms with Crippen LogP contribution in [0.25, 0.3) is 0 Å². The Bertz CT molecular complexity index is 2900. The van der Waals surface area contributed by atoms with Gasteiger partial charge in [-0.05, 0) is 187 Å². The molecule has 0 aromatic heterocycles. The molecule has 0 atom stereocenters. The number of hydrogen-bond donors (Lipinski definition) is 0. The Morgan fingerprint density at radius 3 is 0.911 bits per heavy atom. The maximum absolute atomic E-state index is 14.0. The van der Waals surface area contributed by atoms with Gasteiger partial charge in [0.25, 0.3) is 0 Å². The molecule has 422 valence electrons. The van der Waals surface area contributed by atoms with Crippen molar-refractivity contribution < 1.29 is 40.6 Å². The second kappa shape index (κ2) is 34.1. The van der Waals surface area contributed by atoms with Crippen LogP contribution in [0.5, 0.6) is 17.2 Å². The molecule has 6 rings (SSSR count). The lowest BCUT2D eigenvalue weighted by Gasteiger charge is -2.10. The fourth-order valence-corrected chi connectivity index (χ4v) is 8.35. The van der Waals surface area contributed by atoms with E-state index >= 15 is 0 Å². The molecule has 0 unspecified atom stereocenters. The second-order valence-electron chi connectivity index (χ2n) is 20.0.